The number of aliphatic hydroxyl groups excluding tert-OH is 1. The summed E-state index contributed by atoms with van der Waals surface area (Å²) in [5.41, 5.74) is 0. The summed E-state index contributed by atoms with van der Waals surface area (Å²) in [6.45, 7) is 10.9. The molecule has 6 heteroatoms. The third-order valence-corrected chi connectivity index (χ3v) is 8.82. The summed E-state index contributed by atoms with van der Waals surface area (Å²) in [5, 5.41) is 9.55. The van der Waals surface area contributed by atoms with Gasteiger partial charge in [-0.2, -0.15) is 0 Å². The van der Waals surface area contributed by atoms with Gasteiger partial charge in [0.2, 0.25) is 0 Å². The molecule has 1 atom stereocenters. The summed E-state index contributed by atoms with van der Waals surface area (Å²) < 4.78 is 11.7. The van der Waals surface area contributed by atoms with Crippen molar-refractivity contribution in [3.8, 4) is 0 Å². The molecule has 0 spiro atoms. The molecule has 0 rings (SSSR count). The fourth-order valence-electron chi connectivity index (χ4n) is 5.93. The number of nitrogens with zero attached hydrogens (tertiary/aromatic N) is 1. The van der Waals surface area contributed by atoms with Crippen LogP contribution >= 0.6 is 0 Å². The maximum absolute atomic E-state index is 12.8. The Balaban J connectivity index is 4.40. The Kier molecular flexibility index (Phi) is 32.4. The monoisotopic (exact) mass is 626 g/mol. The molecule has 0 aliphatic rings. The highest BCUT2D eigenvalue weighted by atomic mass is 16.5. The topological polar surface area (TPSA) is 76.1 Å². The molecule has 0 amide bonds. The predicted molar refractivity (Wildman–Crippen MR) is 186 cm³/mol. The van der Waals surface area contributed by atoms with E-state index in [0.29, 0.717) is 32.2 Å². The Morgan fingerprint density at radius 2 is 0.864 bits per heavy atom. The number of unbranched alkanes of at least 4 members (excludes halogenated alkanes) is 15. The van der Waals surface area contributed by atoms with E-state index in [-0.39, 0.29) is 30.8 Å². The molecule has 262 valence electrons. The molecular formula is C38H75NO5. The van der Waals surface area contributed by atoms with Crippen LogP contribution in [0.15, 0.2) is 0 Å². The number of carbonyl (C=O) groups excluding carboxylic acids is 2. The second kappa shape index (κ2) is 33.2. The van der Waals surface area contributed by atoms with Crippen LogP contribution < -0.4 is 0 Å². The summed E-state index contributed by atoms with van der Waals surface area (Å²) in [6, 6.07) is 0. The summed E-state index contributed by atoms with van der Waals surface area (Å²) in [4.78, 5) is 27.4. The standard InChI is InChI=1S/C38H75NO5/c1-5-9-12-15-18-21-26-35(8-4)43-37(41)29-24-31-39(33-34-40)32-25-30-38(42)44-36(27-22-19-16-13-10-6-2)28-23-20-17-14-11-7-3/h35-36,40H,5-34H2,1-4H3. The lowest BCUT2D eigenvalue weighted by molar-refractivity contribution is -0.150. The Bertz CT molecular complexity index is 612. The molecule has 1 unspecified atom stereocenters. The lowest BCUT2D eigenvalue weighted by atomic mass is 10.0. The van der Waals surface area contributed by atoms with E-state index in [1.54, 1.807) is 0 Å². The molecule has 1 N–H and O–H groups in total. The summed E-state index contributed by atoms with van der Waals surface area (Å²) >= 11 is 0. The largest absolute Gasteiger partial charge is 0.462 e. The maximum Gasteiger partial charge on any atom is 0.306 e. The Morgan fingerprint density at radius 1 is 0.500 bits per heavy atom. The van der Waals surface area contributed by atoms with Crippen LogP contribution in [0, 0.1) is 0 Å². The number of hydrogen-bond acceptors (Lipinski definition) is 6. The number of ether oxygens (including phenoxy) is 2. The smallest absolute Gasteiger partial charge is 0.306 e. The molecule has 0 aliphatic heterocycles. The minimum absolute atomic E-state index is 0.0270. The third kappa shape index (κ3) is 28.3. The second-order valence-corrected chi connectivity index (χ2v) is 13.1. The molecule has 0 aliphatic carbocycles. The highest BCUT2D eigenvalue weighted by Gasteiger charge is 2.16. The summed E-state index contributed by atoms with van der Waals surface area (Å²) in [7, 11) is 0. The maximum atomic E-state index is 12.8. The van der Waals surface area contributed by atoms with Gasteiger partial charge in [0, 0.05) is 19.4 Å². The molecule has 0 saturated carbocycles. The van der Waals surface area contributed by atoms with E-state index in [0.717, 1.165) is 58.0 Å². The zero-order chi connectivity index (χ0) is 32.5. The van der Waals surface area contributed by atoms with E-state index in [9.17, 15) is 14.7 Å². The lowest BCUT2D eigenvalue weighted by Crippen LogP contribution is -2.30. The van der Waals surface area contributed by atoms with Crippen LogP contribution in [0.3, 0.4) is 0 Å². The number of aliphatic hydroxyl groups is 1. The van der Waals surface area contributed by atoms with Crippen molar-refractivity contribution in [2.24, 2.45) is 0 Å². The first-order valence-corrected chi connectivity index (χ1v) is 19.2. The molecule has 0 bridgehead atoms. The van der Waals surface area contributed by atoms with Crippen molar-refractivity contribution in [1.29, 1.82) is 0 Å². The van der Waals surface area contributed by atoms with Crippen LogP contribution in [0.4, 0.5) is 0 Å². The van der Waals surface area contributed by atoms with Gasteiger partial charge in [0.1, 0.15) is 12.2 Å². The summed E-state index contributed by atoms with van der Waals surface area (Å²) in [5.74, 6) is -0.201. The van der Waals surface area contributed by atoms with Crippen LogP contribution in [0.25, 0.3) is 0 Å². The Labute approximate surface area is 273 Å². The predicted octanol–water partition coefficient (Wildman–Crippen LogP) is 10.3. The number of esters is 2. The molecule has 0 radical (unpaired) electrons. The number of carbonyl (C=O) groups is 2. The highest BCUT2D eigenvalue weighted by Crippen LogP contribution is 2.18. The van der Waals surface area contributed by atoms with Gasteiger partial charge in [-0.15, -0.1) is 0 Å². The second-order valence-electron chi connectivity index (χ2n) is 13.1. The molecule has 0 saturated heterocycles. The fourth-order valence-corrected chi connectivity index (χ4v) is 5.93. The molecule has 0 heterocycles. The van der Waals surface area contributed by atoms with Crippen molar-refractivity contribution in [3.63, 3.8) is 0 Å². The van der Waals surface area contributed by atoms with Crippen molar-refractivity contribution in [3.05, 3.63) is 0 Å². The highest BCUT2D eigenvalue weighted by molar-refractivity contribution is 5.69. The number of hydrogen-bond donors (Lipinski definition) is 1. The van der Waals surface area contributed by atoms with Gasteiger partial charge < -0.3 is 19.5 Å². The van der Waals surface area contributed by atoms with E-state index in [1.807, 2.05) is 0 Å². The average molecular weight is 626 g/mol. The molecular weight excluding hydrogens is 550 g/mol. The zero-order valence-corrected chi connectivity index (χ0v) is 29.9. The van der Waals surface area contributed by atoms with Crippen LogP contribution in [-0.2, 0) is 19.1 Å². The Morgan fingerprint density at radius 3 is 1.25 bits per heavy atom. The van der Waals surface area contributed by atoms with E-state index in [2.05, 4.69) is 32.6 Å². The molecule has 44 heavy (non-hydrogen) atoms. The Hall–Kier alpha value is -1.14. The van der Waals surface area contributed by atoms with Gasteiger partial charge in [-0.05, 0) is 70.9 Å². The van der Waals surface area contributed by atoms with Crippen LogP contribution in [0.1, 0.15) is 195 Å². The fraction of sp³-hybridized carbons (Fsp3) is 0.947. The van der Waals surface area contributed by atoms with Gasteiger partial charge in [-0.1, -0.05) is 124 Å². The van der Waals surface area contributed by atoms with Gasteiger partial charge in [0.25, 0.3) is 0 Å². The van der Waals surface area contributed by atoms with E-state index in [4.69, 9.17) is 9.47 Å². The average Bonchev–Trinajstić information content (AvgIpc) is 3.01. The minimum Gasteiger partial charge on any atom is -0.462 e. The lowest BCUT2D eigenvalue weighted by Gasteiger charge is -2.22. The van der Waals surface area contributed by atoms with E-state index in [1.165, 1.54) is 96.3 Å². The molecule has 0 fully saturated rings. The molecule has 0 aromatic rings. The van der Waals surface area contributed by atoms with Gasteiger partial charge in [0.05, 0.1) is 6.61 Å². The van der Waals surface area contributed by atoms with Gasteiger partial charge in [0.15, 0.2) is 0 Å². The normalized spacial score (nSPS) is 12.2. The van der Waals surface area contributed by atoms with Gasteiger partial charge in [-0.3, -0.25) is 9.59 Å². The van der Waals surface area contributed by atoms with Crippen molar-refractivity contribution in [2.45, 2.75) is 207 Å². The third-order valence-electron chi connectivity index (χ3n) is 8.82. The van der Waals surface area contributed by atoms with Crippen molar-refractivity contribution in [1.82, 2.24) is 4.90 Å². The van der Waals surface area contributed by atoms with Crippen molar-refractivity contribution < 1.29 is 24.2 Å². The minimum atomic E-state index is -0.114. The van der Waals surface area contributed by atoms with Gasteiger partial charge >= 0.3 is 11.9 Å². The molecule has 0 aromatic heterocycles. The zero-order valence-electron chi connectivity index (χ0n) is 29.9. The first-order chi connectivity index (χ1) is 21.5. The van der Waals surface area contributed by atoms with Crippen LogP contribution in [0.5, 0.6) is 0 Å². The van der Waals surface area contributed by atoms with Crippen LogP contribution in [0.2, 0.25) is 0 Å². The number of rotatable bonds is 34. The molecule has 0 aromatic carbocycles. The van der Waals surface area contributed by atoms with E-state index < -0.39 is 0 Å². The van der Waals surface area contributed by atoms with Crippen LogP contribution in [-0.4, -0.2) is 60.4 Å². The van der Waals surface area contributed by atoms with Crippen molar-refractivity contribution >= 4 is 11.9 Å². The van der Waals surface area contributed by atoms with E-state index >= 15 is 0 Å². The SMILES string of the molecule is CCCCCCCCC(CC)OC(=O)CCCN(CCO)CCCC(=O)OC(CCCCCCCC)CCCCCCCC. The quantitative estimate of drug-likeness (QED) is 0.0566. The van der Waals surface area contributed by atoms with Gasteiger partial charge in [-0.25, -0.2) is 0 Å². The van der Waals surface area contributed by atoms with Crippen molar-refractivity contribution in [2.75, 3.05) is 26.2 Å². The first-order valence-electron chi connectivity index (χ1n) is 19.2. The molecule has 6 nitrogen and oxygen atoms in total. The first kappa shape index (κ1) is 42.9. The summed E-state index contributed by atoms with van der Waals surface area (Å²) in [6.07, 6.45) is 28.6.